The van der Waals surface area contributed by atoms with E-state index in [0.717, 1.165) is 5.56 Å². The summed E-state index contributed by atoms with van der Waals surface area (Å²) in [4.78, 5) is 23.5. The van der Waals surface area contributed by atoms with Crippen LogP contribution >= 0.6 is 0 Å². The van der Waals surface area contributed by atoms with Gasteiger partial charge in [-0.25, -0.2) is 0 Å². The number of esters is 2. The summed E-state index contributed by atoms with van der Waals surface area (Å²) in [5.41, 5.74) is -0.0365. The van der Waals surface area contributed by atoms with Crippen LogP contribution in [-0.4, -0.2) is 26.2 Å². The van der Waals surface area contributed by atoms with Crippen molar-refractivity contribution in [1.29, 1.82) is 0 Å². The van der Waals surface area contributed by atoms with Crippen molar-refractivity contribution in [2.75, 3.05) is 14.2 Å². The van der Waals surface area contributed by atoms with Crippen LogP contribution in [0.1, 0.15) is 12.0 Å². The lowest BCUT2D eigenvalue weighted by molar-refractivity contribution is -0.149. The highest BCUT2D eigenvalue weighted by Gasteiger charge is 2.66. The summed E-state index contributed by atoms with van der Waals surface area (Å²) in [7, 11) is 2.66. The average Bonchev–Trinajstić information content (AvgIpc) is 3.14. The topological polar surface area (TPSA) is 52.6 Å². The molecule has 0 bridgehead atoms. The lowest BCUT2D eigenvalue weighted by Crippen LogP contribution is -2.27. The molecule has 17 heavy (non-hydrogen) atoms. The van der Waals surface area contributed by atoms with E-state index in [9.17, 15) is 9.59 Å². The highest BCUT2D eigenvalue weighted by atomic mass is 16.5. The van der Waals surface area contributed by atoms with Crippen molar-refractivity contribution in [3.63, 3.8) is 0 Å². The fourth-order valence-corrected chi connectivity index (χ4v) is 2.27. The number of hydrogen-bond acceptors (Lipinski definition) is 4. The molecule has 1 aliphatic rings. The van der Waals surface area contributed by atoms with E-state index < -0.39 is 11.3 Å². The second kappa shape index (κ2) is 4.20. The minimum Gasteiger partial charge on any atom is -0.469 e. The second-order valence-electron chi connectivity index (χ2n) is 4.11. The van der Waals surface area contributed by atoms with Crippen LogP contribution in [0.3, 0.4) is 0 Å². The zero-order valence-corrected chi connectivity index (χ0v) is 9.80. The van der Waals surface area contributed by atoms with Gasteiger partial charge in [-0.15, -0.1) is 0 Å². The predicted molar refractivity (Wildman–Crippen MR) is 60.3 cm³/mol. The van der Waals surface area contributed by atoms with Gasteiger partial charge in [0.25, 0.3) is 0 Å². The third kappa shape index (κ3) is 1.69. The van der Waals surface area contributed by atoms with Crippen LogP contribution in [0, 0.1) is 5.92 Å². The molecule has 4 nitrogen and oxygen atoms in total. The first kappa shape index (κ1) is 11.6. The van der Waals surface area contributed by atoms with Gasteiger partial charge in [-0.2, -0.15) is 0 Å². The lowest BCUT2D eigenvalue weighted by Gasteiger charge is -2.14. The summed E-state index contributed by atoms with van der Waals surface area (Å²) in [6.45, 7) is 0. The molecule has 2 atom stereocenters. The fraction of sp³-hybridized carbons (Fsp3) is 0.385. The number of rotatable bonds is 3. The molecule has 0 unspecified atom stereocenters. The van der Waals surface area contributed by atoms with Crippen LogP contribution in [0.4, 0.5) is 0 Å². The zero-order chi connectivity index (χ0) is 12.5. The SMILES string of the molecule is COC(=O)[C@@H]1C[C@@]1(C(=O)OC)c1ccccc1. The zero-order valence-electron chi connectivity index (χ0n) is 9.80. The van der Waals surface area contributed by atoms with Gasteiger partial charge in [-0.1, -0.05) is 30.3 Å². The Morgan fingerprint density at radius 3 is 2.35 bits per heavy atom. The third-order valence-electron chi connectivity index (χ3n) is 3.29. The minimum absolute atomic E-state index is 0.362. The summed E-state index contributed by atoms with van der Waals surface area (Å²) in [6, 6.07) is 9.21. The molecule has 1 fully saturated rings. The van der Waals surface area contributed by atoms with Crippen molar-refractivity contribution in [3.05, 3.63) is 35.9 Å². The van der Waals surface area contributed by atoms with Gasteiger partial charge in [0.05, 0.1) is 20.1 Å². The van der Waals surface area contributed by atoms with Gasteiger partial charge >= 0.3 is 11.9 Å². The summed E-state index contributed by atoms with van der Waals surface area (Å²) in [5, 5.41) is 0. The van der Waals surface area contributed by atoms with Crippen molar-refractivity contribution in [2.24, 2.45) is 5.92 Å². The Morgan fingerprint density at radius 1 is 1.18 bits per heavy atom. The predicted octanol–water partition coefficient (Wildman–Crippen LogP) is 1.29. The maximum atomic E-state index is 11.9. The monoisotopic (exact) mass is 234 g/mol. The molecule has 0 aromatic heterocycles. The smallest absolute Gasteiger partial charge is 0.317 e. The maximum Gasteiger partial charge on any atom is 0.317 e. The normalized spacial score (nSPS) is 26.1. The van der Waals surface area contributed by atoms with Gasteiger partial charge < -0.3 is 9.47 Å². The van der Waals surface area contributed by atoms with Crippen molar-refractivity contribution in [3.8, 4) is 0 Å². The van der Waals surface area contributed by atoms with Crippen LogP contribution in [0.15, 0.2) is 30.3 Å². The molecule has 0 saturated heterocycles. The minimum atomic E-state index is -0.844. The quantitative estimate of drug-likeness (QED) is 0.739. The van der Waals surface area contributed by atoms with Crippen molar-refractivity contribution in [2.45, 2.75) is 11.8 Å². The van der Waals surface area contributed by atoms with Crippen LogP contribution in [0.2, 0.25) is 0 Å². The van der Waals surface area contributed by atoms with E-state index in [0.29, 0.717) is 6.42 Å². The van der Waals surface area contributed by atoms with E-state index in [1.807, 2.05) is 30.3 Å². The molecule has 1 aromatic carbocycles. The van der Waals surface area contributed by atoms with Crippen molar-refractivity contribution < 1.29 is 19.1 Å². The van der Waals surface area contributed by atoms with Gasteiger partial charge in [-0.05, 0) is 12.0 Å². The molecule has 1 aromatic rings. The Morgan fingerprint density at radius 2 is 1.82 bits per heavy atom. The number of methoxy groups -OCH3 is 2. The second-order valence-corrected chi connectivity index (χ2v) is 4.11. The third-order valence-corrected chi connectivity index (χ3v) is 3.29. The maximum absolute atomic E-state index is 11.9. The average molecular weight is 234 g/mol. The number of benzene rings is 1. The molecule has 1 saturated carbocycles. The van der Waals surface area contributed by atoms with E-state index in [4.69, 9.17) is 9.47 Å². The van der Waals surface area contributed by atoms with Crippen LogP contribution in [0.25, 0.3) is 0 Å². The van der Waals surface area contributed by atoms with E-state index >= 15 is 0 Å². The Hall–Kier alpha value is -1.84. The molecule has 0 N–H and O–H groups in total. The van der Waals surface area contributed by atoms with Gasteiger partial charge in [0.2, 0.25) is 0 Å². The first-order chi connectivity index (χ1) is 8.16. The highest BCUT2D eigenvalue weighted by molar-refractivity contribution is 5.96. The molecular weight excluding hydrogens is 220 g/mol. The lowest BCUT2D eigenvalue weighted by atomic mass is 9.93. The van der Waals surface area contributed by atoms with Crippen molar-refractivity contribution in [1.82, 2.24) is 0 Å². The summed E-state index contributed by atoms with van der Waals surface area (Å²) in [5.74, 6) is -1.17. The van der Waals surface area contributed by atoms with Gasteiger partial charge in [-0.3, -0.25) is 9.59 Å². The Balaban J connectivity index is 2.36. The van der Waals surface area contributed by atoms with Crippen LogP contribution < -0.4 is 0 Å². The largest absolute Gasteiger partial charge is 0.469 e. The van der Waals surface area contributed by atoms with E-state index in [2.05, 4.69) is 0 Å². The first-order valence-electron chi connectivity index (χ1n) is 5.38. The van der Waals surface area contributed by atoms with Crippen molar-refractivity contribution >= 4 is 11.9 Å². The molecule has 0 heterocycles. The Kier molecular flexibility index (Phi) is 2.88. The standard InChI is InChI=1S/C13H14O4/c1-16-11(14)10-8-13(10,12(15)17-2)9-6-4-3-5-7-9/h3-7,10H,8H2,1-2H3/t10-,13+/m0/s1. The van der Waals surface area contributed by atoms with E-state index in [-0.39, 0.29) is 11.9 Å². The molecule has 0 amide bonds. The molecule has 0 spiro atoms. The van der Waals surface area contributed by atoms with E-state index in [1.54, 1.807) is 0 Å². The van der Waals surface area contributed by atoms with E-state index in [1.165, 1.54) is 14.2 Å². The summed E-state index contributed by atoms with van der Waals surface area (Å²) in [6.07, 6.45) is 0.455. The van der Waals surface area contributed by atoms with Gasteiger partial charge in [0.1, 0.15) is 5.41 Å². The molecular formula is C13H14O4. The van der Waals surface area contributed by atoms with Crippen LogP contribution in [-0.2, 0) is 24.5 Å². The Labute approximate surface area is 99.5 Å². The number of hydrogen-bond donors (Lipinski definition) is 0. The molecule has 0 radical (unpaired) electrons. The number of carbonyl (C=O) groups is 2. The van der Waals surface area contributed by atoms with Crippen LogP contribution in [0.5, 0.6) is 0 Å². The fourth-order valence-electron chi connectivity index (χ4n) is 2.27. The molecule has 4 heteroatoms. The number of ether oxygens (including phenoxy) is 2. The summed E-state index contributed by atoms with van der Waals surface area (Å²) >= 11 is 0. The summed E-state index contributed by atoms with van der Waals surface area (Å²) < 4.78 is 9.51. The number of carbonyl (C=O) groups excluding carboxylic acids is 2. The molecule has 90 valence electrons. The molecule has 1 aliphatic carbocycles. The Bertz CT molecular complexity index is 440. The molecule has 2 rings (SSSR count). The highest BCUT2D eigenvalue weighted by Crippen LogP contribution is 2.55. The van der Waals surface area contributed by atoms with Gasteiger partial charge in [0.15, 0.2) is 0 Å². The molecule has 0 aliphatic heterocycles. The first-order valence-corrected chi connectivity index (χ1v) is 5.38. The van der Waals surface area contributed by atoms with Gasteiger partial charge in [0, 0.05) is 0 Å².